The molecule has 0 saturated carbocycles. The van der Waals surface area contributed by atoms with Crippen LogP contribution in [0.3, 0.4) is 0 Å². The number of aromatic nitrogens is 3. The number of pyridine rings is 1. The van der Waals surface area contributed by atoms with Crippen LogP contribution in [0.2, 0.25) is 0 Å². The van der Waals surface area contributed by atoms with E-state index in [0.717, 1.165) is 0 Å². The number of rotatable bonds is 2. The first-order valence-corrected chi connectivity index (χ1v) is 4.09. The Morgan fingerprint density at radius 3 is 3.00 bits per heavy atom. The number of nitrogens with zero attached hydrogens (tertiary/aromatic N) is 3. The number of anilines is 1. The van der Waals surface area contributed by atoms with Crippen LogP contribution in [0.4, 0.5) is 5.69 Å². The van der Waals surface area contributed by atoms with E-state index in [4.69, 9.17) is 10.5 Å². The molecule has 0 aliphatic heterocycles. The van der Waals surface area contributed by atoms with E-state index in [1.165, 1.54) is 0 Å². The first kappa shape index (κ1) is 8.55. The number of imidazole rings is 1. The summed E-state index contributed by atoms with van der Waals surface area (Å²) < 4.78 is 6.92. The number of nitrogen functional groups attached to an aromatic ring is 1. The second-order valence-electron chi connectivity index (χ2n) is 2.76. The zero-order valence-electron chi connectivity index (χ0n) is 7.71. The Hall–Kier alpha value is -2.04. The fourth-order valence-electron chi connectivity index (χ4n) is 1.18. The molecule has 2 aromatic rings. The normalized spacial score (nSPS) is 10.1. The molecule has 0 saturated heterocycles. The summed E-state index contributed by atoms with van der Waals surface area (Å²) in [4.78, 5) is 8.10. The topological polar surface area (TPSA) is 66.0 Å². The second-order valence-corrected chi connectivity index (χ2v) is 2.76. The van der Waals surface area contributed by atoms with Crippen LogP contribution >= 0.6 is 0 Å². The number of methoxy groups -OCH3 is 1. The van der Waals surface area contributed by atoms with Crippen molar-refractivity contribution in [3.05, 3.63) is 31.0 Å². The van der Waals surface area contributed by atoms with E-state index in [0.29, 0.717) is 17.3 Å². The van der Waals surface area contributed by atoms with E-state index >= 15 is 0 Å². The molecule has 2 N–H and O–H groups in total. The van der Waals surface area contributed by atoms with Gasteiger partial charge in [-0.2, -0.15) is 0 Å². The van der Waals surface area contributed by atoms with Crippen molar-refractivity contribution in [2.24, 2.45) is 0 Å². The average Bonchev–Trinajstić information content (AvgIpc) is 2.70. The predicted molar refractivity (Wildman–Crippen MR) is 52.3 cm³/mol. The highest BCUT2D eigenvalue weighted by Crippen LogP contribution is 2.21. The number of hydrogen-bond acceptors (Lipinski definition) is 4. The first-order chi connectivity index (χ1) is 6.81. The lowest BCUT2D eigenvalue weighted by atomic mass is 10.4. The quantitative estimate of drug-likeness (QED) is 0.762. The van der Waals surface area contributed by atoms with Gasteiger partial charge in [0, 0.05) is 18.5 Å². The van der Waals surface area contributed by atoms with Gasteiger partial charge in [0.1, 0.15) is 6.33 Å². The van der Waals surface area contributed by atoms with Gasteiger partial charge in [-0.05, 0) is 0 Å². The van der Waals surface area contributed by atoms with E-state index in [-0.39, 0.29) is 0 Å². The van der Waals surface area contributed by atoms with E-state index in [1.807, 2.05) is 0 Å². The number of nitrogens with two attached hydrogens (primary N) is 1. The van der Waals surface area contributed by atoms with Crippen molar-refractivity contribution in [2.75, 3.05) is 12.8 Å². The Morgan fingerprint density at radius 2 is 2.36 bits per heavy atom. The SMILES string of the molecule is COc1cc(N)cnc1-n1ccnc1. The minimum atomic E-state index is 0.575. The highest BCUT2D eigenvalue weighted by atomic mass is 16.5. The zero-order valence-corrected chi connectivity index (χ0v) is 7.71. The molecule has 2 rings (SSSR count). The molecule has 0 unspecified atom stereocenters. The lowest BCUT2D eigenvalue weighted by molar-refractivity contribution is 0.411. The summed E-state index contributed by atoms with van der Waals surface area (Å²) >= 11 is 0. The van der Waals surface area contributed by atoms with Crippen LogP contribution in [-0.2, 0) is 0 Å². The van der Waals surface area contributed by atoms with Crippen LogP contribution in [-0.4, -0.2) is 21.6 Å². The van der Waals surface area contributed by atoms with Gasteiger partial charge in [0.15, 0.2) is 11.6 Å². The number of hydrogen-bond donors (Lipinski definition) is 1. The lowest BCUT2D eigenvalue weighted by Crippen LogP contribution is -2.00. The smallest absolute Gasteiger partial charge is 0.180 e. The van der Waals surface area contributed by atoms with Crippen molar-refractivity contribution in [1.29, 1.82) is 0 Å². The Balaban J connectivity index is 2.53. The van der Waals surface area contributed by atoms with Crippen LogP contribution in [0.5, 0.6) is 5.75 Å². The van der Waals surface area contributed by atoms with Crippen molar-refractivity contribution < 1.29 is 4.74 Å². The van der Waals surface area contributed by atoms with Crippen LogP contribution < -0.4 is 10.5 Å². The maximum absolute atomic E-state index is 5.59. The van der Waals surface area contributed by atoms with Gasteiger partial charge in [-0.15, -0.1) is 0 Å². The van der Waals surface area contributed by atoms with Gasteiger partial charge < -0.3 is 10.5 Å². The van der Waals surface area contributed by atoms with Crippen LogP contribution in [0.15, 0.2) is 31.0 Å². The molecule has 0 spiro atoms. The molecule has 0 amide bonds. The lowest BCUT2D eigenvalue weighted by Gasteiger charge is -2.07. The van der Waals surface area contributed by atoms with Crippen molar-refractivity contribution >= 4 is 5.69 Å². The minimum Gasteiger partial charge on any atom is -0.493 e. The van der Waals surface area contributed by atoms with Crippen molar-refractivity contribution in [1.82, 2.24) is 14.5 Å². The molecule has 0 atom stereocenters. The third-order valence-electron chi connectivity index (χ3n) is 1.82. The summed E-state index contributed by atoms with van der Waals surface area (Å²) in [6.45, 7) is 0. The Bertz CT molecular complexity index is 424. The van der Waals surface area contributed by atoms with E-state index < -0.39 is 0 Å². The molecule has 5 nitrogen and oxygen atoms in total. The molecule has 0 bridgehead atoms. The van der Waals surface area contributed by atoms with Gasteiger partial charge in [0.05, 0.1) is 19.0 Å². The summed E-state index contributed by atoms with van der Waals surface area (Å²) in [5.74, 6) is 1.31. The summed E-state index contributed by atoms with van der Waals surface area (Å²) in [6, 6.07) is 1.72. The Morgan fingerprint density at radius 1 is 1.50 bits per heavy atom. The summed E-state index contributed by atoms with van der Waals surface area (Å²) in [6.07, 6.45) is 6.71. The van der Waals surface area contributed by atoms with Crippen LogP contribution in [0.25, 0.3) is 5.82 Å². The zero-order chi connectivity index (χ0) is 9.97. The highest BCUT2D eigenvalue weighted by Gasteiger charge is 2.06. The molecule has 0 aromatic carbocycles. The van der Waals surface area contributed by atoms with Gasteiger partial charge >= 0.3 is 0 Å². The molecule has 14 heavy (non-hydrogen) atoms. The van der Waals surface area contributed by atoms with Gasteiger partial charge in [-0.25, -0.2) is 9.97 Å². The third-order valence-corrected chi connectivity index (χ3v) is 1.82. The highest BCUT2D eigenvalue weighted by molar-refractivity contribution is 5.50. The van der Waals surface area contributed by atoms with Crippen molar-refractivity contribution in [2.45, 2.75) is 0 Å². The molecule has 0 aliphatic carbocycles. The van der Waals surface area contributed by atoms with Crippen molar-refractivity contribution in [3.8, 4) is 11.6 Å². The van der Waals surface area contributed by atoms with E-state index in [2.05, 4.69) is 9.97 Å². The number of ether oxygens (including phenoxy) is 1. The molecule has 0 radical (unpaired) electrons. The molecule has 2 heterocycles. The monoisotopic (exact) mass is 190 g/mol. The minimum absolute atomic E-state index is 0.575. The Kier molecular flexibility index (Phi) is 2.06. The molecule has 2 aromatic heterocycles. The van der Waals surface area contributed by atoms with Crippen molar-refractivity contribution in [3.63, 3.8) is 0 Å². The standard InChI is InChI=1S/C9H10N4O/c1-14-8-4-7(10)5-12-9(8)13-3-2-11-6-13/h2-6H,10H2,1H3. The maximum atomic E-state index is 5.59. The fourth-order valence-corrected chi connectivity index (χ4v) is 1.18. The van der Waals surface area contributed by atoms with Crippen LogP contribution in [0, 0.1) is 0 Å². The second kappa shape index (κ2) is 3.37. The largest absolute Gasteiger partial charge is 0.493 e. The molecular formula is C9H10N4O. The first-order valence-electron chi connectivity index (χ1n) is 4.09. The summed E-state index contributed by atoms with van der Waals surface area (Å²) in [5, 5.41) is 0. The van der Waals surface area contributed by atoms with Gasteiger partial charge in [-0.3, -0.25) is 4.57 Å². The van der Waals surface area contributed by atoms with Crippen LogP contribution in [0.1, 0.15) is 0 Å². The van der Waals surface area contributed by atoms with E-state index in [1.54, 1.807) is 42.7 Å². The molecule has 0 aliphatic rings. The van der Waals surface area contributed by atoms with Gasteiger partial charge in [-0.1, -0.05) is 0 Å². The third kappa shape index (κ3) is 1.39. The van der Waals surface area contributed by atoms with E-state index in [9.17, 15) is 0 Å². The maximum Gasteiger partial charge on any atom is 0.180 e. The summed E-state index contributed by atoms with van der Waals surface area (Å²) in [5.41, 5.74) is 6.16. The predicted octanol–water partition coefficient (Wildman–Crippen LogP) is 0.858. The molecule has 5 heteroatoms. The molecule has 0 fully saturated rings. The Labute approximate surface area is 81.2 Å². The van der Waals surface area contributed by atoms with Gasteiger partial charge in [0.2, 0.25) is 0 Å². The molecular weight excluding hydrogens is 180 g/mol. The molecule has 72 valence electrons. The fraction of sp³-hybridized carbons (Fsp3) is 0.111. The van der Waals surface area contributed by atoms with Gasteiger partial charge in [0.25, 0.3) is 0 Å². The average molecular weight is 190 g/mol. The summed E-state index contributed by atoms with van der Waals surface area (Å²) in [7, 11) is 1.58.